The Morgan fingerprint density at radius 2 is 1.91 bits per heavy atom. The Morgan fingerprint density at radius 3 is 2.59 bits per heavy atom. The molecule has 1 amide bonds. The number of sulfonamides is 1. The number of amides is 1. The number of benzene rings is 2. The molecule has 2 aromatic carbocycles. The van der Waals surface area contributed by atoms with Crippen LogP contribution in [-0.4, -0.2) is 62.4 Å². The van der Waals surface area contributed by atoms with Gasteiger partial charge in [0.25, 0.3) is 11.6 Å². The van der Waals surface area contributed by atoms with Gasteiger partial charge >= 0.3 is 5.97 Å². The number of hydrogen-bond acceptors (Lipinski definition) is 8. The fraction of sp³-hybridized carbons (Fsp3) is 0.263. The van der Waals surface area contributed by atoms with Gasteiger partial charge in [-0.1, -0.05) is 17.7 Å². The maximum atomic E-state index is 12.7. The van der Waals surface area contributed by atoms with Crippen LogP contribution in [0.3, 0.4) is 0 Å². The van der Waals surface area contributed by atoms with E-state index in [0.717, 1.165) is 12.1 Å². The summed E-state index contributed by atoms with van der Waals surface area (Å²) in [5, 5.41) is 13.2. The van der Waals surface area contributed by atoms with Gasteiger partial charge in [0.05, 0.1) is 33.6 Å². The topological polar surface area (TPSA) is 145 Å². The second-order valence-corrected chi connectivity index (χ2v) is 8.93. The van der Waals surface area contributed by atoms with Crippen molar-refractivity contribution in [1.82, 2.24) is 4.31 Å². The Morgan fingerprint density at radius 1 is 1.19 bits per heavy atom. The highest BCUT2D eigenvalue weighted by molar-refractivity contribution is 7.89. The molecule has 1 heterocycles. The van der Waals surface area contributed by atoms with Gasteiger partial charge in [-0.2, -0.15) is 4.31 Å². The maximum absolute atomic E-state index is 12.7. The van der Waals surface area contributed by atoms with Crippen LogP contribution in [-0.2, 0) is 24.3 Å². The second-order valence-electron chi connectivity index (χ2n) is 6.59. The van der Waals surface area contributed by atoms with Gasteiger partial charge in [-0.3, -0.25) is 14.9 Å². The molecular weight excluding hydrogens is 466 g/mol. The van der Waals surface area contributed by atoms with E-state index in [2.05, 4.69) is 5.32 Å². The van der Waals surface area contributed by atoms with Crippen molar-refractivity contribution in [1.29, 1.82) is 0 Å². The molecule has 1 N–H and O–H groups in total. The van der Waals surface area contributed by atoms with Crippen LogP contribution in [0.2, 0.25) is 5.02 Å². The summed E-state index contributed by atoms with van der Waals surface area (Å²) in [5.41, 5.74) is -0.426. The lowest BCUT2D eigenvalue weighted by Gasteiger charge is -2.26. The van der Waals surface area contributed by atoms with Crippen molar-refractivity contribution in [2.75, 3.05) is 38.2 Å². The molecule has 1 aliphatic rings. The van der Waals surface area contributed by atoms with E-state index in [1.807, 2.05) is 0 Å². The van der Waals surface area contributed by atoms with Crippen LogP contribution >= 0.6 is 11.6 Å². The lowest BCUT2D eigenvalue weighted by Crippen LogP contribution is -2.40. The third-order valence-electron chi connectivity index (χ3n) is 4.44. The summed E-state index contributed by atoms with van der Waals surface area (Å²) in [7, 11) is -3.75. The van der Waals surface area contributed by atoms with Gasteiger partial charge in [-0.05, 0) is 24.3 Å². The number of halogens is 1. The number of nitrogens with zero attached hydrogens (tertiary/aromatic N) is 2. The summed E-state index contributed by atoms with van der Waals surface area (Å²) in [6.45, 7) is 0.355. The minimum atomic E-state index is -3.75. The maximum Gasteiger partial charge on any atom is 0.340 e. The van der Waals surface area contributed by atoms with Gasteiger partial charge in [0.2, 0.25) is 10.0 Å². The summed E-state index contributed by atoms with van der Waals surface area (Å²) in [4.78, 5) is 34.5. The highest BCUT2D eigenvalue weighted by Crippen LogP contribution is 2.23. The highest BCUT2D eigenvalue weighted by atomic mass is 35.5. The predicted octanol–water partition coefficient (Wildman–Crippen LogP) is 2.06. The van der Waals surface area contributed by atoms with Crippen LogP contribution in [0.1, 0.15) is 10.4 Å². The van der Waals surface area contributed by atoms with Crippen LogP contribution in [0.5, 0.6) is 0 Å². The van der Waals surface area contributed by atoms with Crippen molar-refractivity contribution in [3.63, 3.8) is 0 Å². The normalized spacial score (nSPS) is 14.5. The van der Waals surface area contributed by atoms with Crippen molar-refractivity contribution < 1.29 is 32.4 Å². The van der Waals surface area contributed by atoms with Crippen LogP contribution in [0.4, 0.5) is 11.4 Å². The summed E-state index contributed by atoms with van der Waals surface area (Å²) >= 11 is 5.87. The molecule has 0 aromatic heterocycles. The number of carbonyl (C=O) groups is 2. The zero-order valence-electron chi connectivity index (χ0n) is 16.5. The van der Waals surface area contributed by atoms with E-state index in [0.29, 0.717) is 13.2 Å². The van der Waals surface area contributed by atoms with E-state index >= 15 is 0 Å². The molecule has 1 fully saturated rings. The number of carbonyl (C=O) groups excluding carboxylic acids is 2. The number of nitro benzene ring substituents is 1. The molecule has 2 aromatic rings. The molecular formula is C19H18ClN3O8S. The molecule has 0 bridgehead atoms. The molecule has 32 heavy (non-hydrogen) atoms. The summed E-state index contributed by atoms with van der Waals surface area (Å²) in [5.74, 6) is -1.75. The third-order valence-corrected chi connectivity index (χ3v) is 6.66. The highest BCUT2D eigenvalue weighted by Gasteiger charge is 2.26. The van der Waals surface area contributed by atoms with Gasteiger partial charge in [0, 0.05) is 30.9 Å². The first kappa shape index (κ1) is 23.6. The average molecular weight is 484 g/mol. The SMILES string of the molecule is O=C(COC(=O)c1cc([N+](=O)[O-])ccc1Cl)Nc1cccc(S(=O)(=O)N2CCOCC2)c1. The Balaban J connectivity index is 1.63. The lowest BCUT2D eigenvalue weighted by atomic mass is 10.2. The first-order valence-corrected chi connectivity index (χ1v) is 11.1. The largest absolute Gasteiger partial charge is 0.452 e. The Bertz CT molecular complexity index is 1150. The van der Waals surface area contributed by atoms with Crippen molar-refractivity contribution in [3.8, 4) is 0 Å². The van der Waals surface area contributed by atoms with E-state index in [4.69, 9.17) is 21.1 Å². The number of non-ortho nitro benzene ring substituents is 1. The van der Waals surface area contributed by atoms with Crippen LogP contribution < -0.4 is 5.32 Å². The van der Waals surface area contributed by atoms with Gasteiger partial charge in [0.15, 0.2) is 6.61 Å². The van der Waals surface area contributed by atoms with Crippen molar-refractivity contribution in [2.24, 2.45) is 0 Å². The van der Waals surface area contributed by atoms with Gasteiger partial charge < -0.3 is 14.8 Å². The number of esters is 1. The Hall–Kier alpha value is -3.06. The molecule has 1 saturated heterocycles. The fourth-order valence-corrected chi connectivity index (χ4v) is 4.51. The number of nitro groups is 1. The minimum absolute atomic E-state index is 0.00225. The zero-order valence-corrected chi connectivity index (χ0v) is 18.1. The minimum Gasteiger partial charge on any atom is -0.452 e. The smallest absolute Gasteiger partial charge is 0.340 e. The molecule has 11 nitrogen and oxygen atoms in total. The van der Waals surface area contributed by atoms with E-state index in [1.54, 1.807) is 0 Å². The summed E-state index contributed by atoms with van der Waals surface area (Å²) < 4.78 is 36.8. The van der Waals surface area contributed by atoms with Gasteiger partial charge in [-0.15, -0.1) is 0 Å². The molecule has 3 rings (SSSR count). The number of rotatable bonds is 7. The quantitative estimate of drug-likeness (QED) is 0.358. The molecule has 0 saturated carbocycles. The average Bonchev–Trinajstić information content (AvgIpc) is 2.78. The first-order valence-electron chi connectivity index (χ1n) is 9.27. The van der Waals surface area contributed by atoms with E-state index in [-0.39, 0.29) is 39.9 Å². The fourth-order valence-electron chi connectivity index (χ4n) is 2.86. The van der Waals surface area contributed by atoms with Crippen LogP contribution in [0, 0.1) is 10.1 Å². The van der Waals surface area contributed by atoms with Crippen LogP contribution in [0.25, 0.3) is 0 Å². The van der Waals surface area contributed by atoms with Crippen molar-refractivity contribution >= 4 is 44.9 Å². The predicted molar refractivity (Wildman–Crippen MR) is 113 cm³/mol. The number of anilines is 1. The molecule has 0 atom stereocenters. The zero-order chi connectivity index (χ0) is 23.3. The standard InChI is InChI=1S/C19H18ClN3O8S/c20-17-5-4-14(23(26)27)11-16(17)19(25)31-12-18(24)21-13-2-1-3-15(10-13)32(28,29)22-6-8-30-9-7-22/h1-5,10-11H,6-9,12H2,(H,21,24). The molecule has 1 aliphatic heterocycles. The number of ether oxygens (including phenoxy) is 2. The van der Waals surface area contributed by atoms with E-state index in [1.165, 1.54) is 34.6 Å². The number of nitrogens with one attached hydrogen (secondary N) is 1. The van der Waals surface area contributed by atoms with Gasteiger partial charge in [0.1, 0.15) is 0 Å². The van der Waals surface area contributed by atoms with E-state index < -0.39 is 33.4 Å². The van der Waals surface area contributed by atoms with Crippen LogP contribution in [0.15, 0.2) is 47.4 Å². The van der Waals surface area contributed by atoms with Crippen molar-refractivity contribution in [2.45, 2.75) is 4.90 Å². The summed E-state index contributed by atoms with van der Waals surface area (Å²) in [6, 6.07) is 8.91. The number of hydrogen-bond donors (Lipinski definition) is 1. The molecule has 0 radical (unpaired) electrons. The van der Waals surface area contributed by atoms with Gasteiger partial charge in [-0.25, -0.2) is 13.2 Å². The molecule has 13 heteroatoms. The third kappa shape index (κ3) is 5.59. The molecule has 0 aliphatic carbocycles. The summed E-state index contributed by atoms with van der Waals surface area (Å²) in [6.07, 6.45) is 0. The molecule has 170 valence electrons. The second kappa shape index (κ2) is 10.0. The molecule has 0 spiro atoms. The lowest BCUT2D eigenvalue weighted by molar-refractivity contribution is -0.384. The van der Waals surface area contributed by atoms with Crippen molar-refractivity contribution in [3.05, 3.63) is 63.2 Å². The van der Waals surface area contributed by atoms with E-state index in [9.17, 15) is 28.1 Å². The Kier molecular flexibility index (Phi) is 7.40. The molecule has 0 unspecified atom stereocenters. The number of morpholine rings is 1. The first-order chi connectivity index (χ1) is 15.2. The Labute approximate surface area is 188 Å². The monoisotopic (exact) mass is 483 g/mol.